The zero-order valence-corrected chi connectivity index (χ0v) is 13.5. The molecule has 2 heteroatoms. The lowest BCUT2D eigenvalue weighted by Gasteiger charge is -2.37. The highest BCUT2D eigenvalue weighted by Crippen LogP contribution is 2.26. The van der Waals surface area contributed by atoms with Crippen LogP contribution in [0.2, 0.25) is 0 Å². The molecule has 3 unspecified atom stereocenters. The van der Waals surface area contributed by atoms with E-state index in [2.05, 4.69) is 68.2 Å². The summed E-state index contributed by atoms with van der Waals surface area (Å²) in [6.07, 6.45) is 2.50. The number of hydrogen-bond acceptors (Lipinski definition) is 2. The maximum atomic E-state index is 3.78. The van der Waals surface area contributed by atoms with Crippen molar-refractivity contribution in [3.63, 3.8) is 0 Å². The number of nitrogens with zero attached hydrogens (tertiary/aromatic N) is 1. The second-order valence-electron chi connectivity index (χ2n) is 6.71. The van der Waals surface area contributed by atoms with E-state index in [1.54, 1.807) is 0 Å². The molecule has 2 rings (SSSR count). The van der Waals surface area contributed by atoms with Crippen molar-refractivity contribution in [1.82, 2.24) is 10.2 Å². The first kappa shape index (κ1) is 15.5. The highest BCUT2D eigenvalue weighted by atomic mass is 15.2. The second-order valence-corrected chi connectivity index (χ2v) is 6.71. The summed E-state index contributed by atoms with van der Waals surface area (Å²) in [5, 5.41) is 3.78. The second kappa shape index (κ2) is 6.73. The van der Waals surface area contributed by atoms with Gasteiger partial charge in [-0.3, -0.25) is 4.90 Å². The van der Waals surface area contributed by atoms with E-state index in [0.29, 0.717) is 6.04 Å². The first-order valence-electron chi connectivity index (χ1n) is 8.09. The van der Waals surface area contributed by atoms with Gasteiger partial charge in [0.1, 0.15) is 0 Å². The third-order valence-electron chi connectivity index (χ3n) is 4.87. The van der Waals surface area contributed by atoms with Gasteiger partial charge in [-0.05, 0) is 38.3 Å². The Labute approximate surface area is 124 Å². The summed E-state index contributed by atoms with van der Waals surface area (Å²) in [4.78, 5) is 2.68. The molecule has 1 aromatic rings. The lowest BCUT2D eigenvalue weighted by atomic mass is 9.91. The first-order valence-corrected chi connectivity index (χ1v) is 8.09. The van der Waals surface area contributed by atoms with Gasteiger partial charge in [0.05, 0.1) is 5.54 Å². The van der Waals surface area contributed by atoms with E-state index in [4.69, 9.17) is 0 Å². The fourth-order valence-electron chi connectivity index (χ4n) is 3.13. The molecule has 1 aliphatic rings. The van der Waals surface area contributed by atoms with Crippen molar-refractivity contribution in [3.05, 3.63) is 35.9 Å². The third kappa shape index (κ3) is 3.62. The van der Waals surface area contributed by atoms with Gasteiger partial charge in [0, 0.05) is 19.1 Å². The van der Waals surface area contributed by atoms with Crippen LogP contribution in [0.5, 0.6) is 0 Å². The van der Waals surface area contributed by atoms with Crippen LogP contribution in [-0.2, 0) is 5.54 Å². The molecule has 0 bridgehead atoms. The van der Waals surface area contributed by atoms with Crippen LogP contribution in [0.3, 0.4) is 0 Å². The molecule has 0 spiro atoms. The van der Waals surface area contributed by atoms with Gasteiger partial charge in [0.15, 0.2) is 0 Å². The monoisotopic (exact) mass is 274 g/mol. The molecule has 3 atom stereocenters. The minimum absolute atomic E-state index is 0.0689. The molecule has 1 aliphatic heterocycles. The van der Waals surface area contributed by atoms with E-state index in [1.807, 2.05) is 0 Å². The van der Waals surface area contributed by atoms with E-state index in [-0.39, 0.29) is 5.54 Å². The minimum Gasteiger partial charge on any atom is -0.306 e. The van der Waals surface area contributed by atoms with Crippen LogP contribution in [0, 0.1) is 5.92 Å². The van der Waals surface area contributed by atoms with Crippen molar-refractivity contribution in [1.29, 1.82) is 0 Å². The molecule has 20 heavy (non-hydrogen) atoms. The van der Waals surface area contributed by atoms with Crippen molar-refractivity contribution in [2.24, 2.45) is 5.92 Å². The highest BCUT2D eigenvalue weighted by molar-refractivity contribution is 5.24. The normalized spacial score (nSPS) is 29.9. The number of hydrogen-bond donors (Lipinski definition) is 1. The largest absolute Gasteiger partial charge is 0.306 e. The fourth-order valence-corrected chi connectivity index (χ4v) is 3.13. The zero-order valence-electron chi connectivity index (χ0n) is 13.5. The van der Waals surface area contributed by atoms with Crippen LogP contribution in [0.1, 0.15) is 46.1 Å². The van der Waals surface area contributed by atoms with Crippen LogP contribution in [-0.4, -0.2) is 30.6 Å². The van der Waals surface area contributed by atoms with Crippen molar-refractivity contribution < 1.29 is 0 Å². The summed E-state index contributed by atoms with van der Waals surface area (Å²) in [6.45, 7) is 12.8. The number of benzene rings is 1. The average molecular weight is 274 g/mol. The standard InChI is InChI=1S/C18H30N2/c1-5-15(2)13-20-14-18(4,19-12-11-16(20)3)17-9-7-6-8-10-17/h6-10,15-16,19H,5,11-14H2,1-4H3. The third-order valence-corrected chi connectivity index (χ3v) is 4.87. The Bertz CT molecular complexity index is 403. The van der Waals surface area contributed by atoms with Gasteiger partial charge in [-0.25, -0.2) is 0 Å². The van der Waals surface area contributed by atoms with E-state index in [9.17, 15) is 0 Å². The minimum atomic E-state index is 0.0689. The van der Waals surface area contributed by atoms with Crippen molar-refractivity contribution in [2.45, 2.75) is 52.1 Å². The predicted octanol–water partition coefficient (Wildman–Crippen LogP) is 3.63. The molecule has 0 amide bonds. The Balaban J connectivity index is 2.18. The summed E-state index contributed by atoms with van der Waals surface area (Å²) >= 11 is 0. The molecule has 112 valence electrons. The van der Waals surface area contributed by atoms with Gasteiger partial charge in [-0.2, -0.15) is 0 Å². The Morgan fingerprint density at radius 1 is 1.35 bits per heavy atom. The molecule has 1 heterocycles. The summed E-state index contributed by atoms with van der Waals surface area (Å²) in [7, 11) is 0. The van der Waals surface area contributed by atoms with Crippen molar-refractivity contribution >= 4 is 0 Å². The molecule has 2 nitrogen and oxygen atoms in total. The Kier molecular flexibility index (Phi) is 5.22. The number of nitrogens with one attached hydrogen (secondary N) is 1. The van der Waals surface area contributed by atoms with Gasteiger partial charge in [-0.15, -0.1) is 0 Å². The Morgan fingerprint density at radius 3 is 2.70 bits per heavy atom. The van der Waals surface area contributed by atoms with E-state index in [1.165, 1.54) is 24.9 Å². The molecular formula is C18H30N2. The van der Waals surface area contributed by atoms with E-state index in [0.717, 1.165) is 19.0 Å². The molecule has 0 aliphatic carbocycles. The maximum Gasteiger partial charge on any atom is 0.0535 e. The van der Waals surface area contributed by atoms with E-state index >= 15 is 0 Å². The van der Waals surface area contributed by atoms with Crippen LogP contribution in [0.4, 0.5) is 0 Å². The Hall–Kier alpha value is -0.860. The lowest BCUT2D eigenvalue weighted by molar-refractivity contribution is 0.151. The average Bonchev–Trinajstić information content (AvgIpc) is 2.60. The number of rotatable bonds is 4. The highest BCUT2D eigenvalue weighted by Gasteiger charge is 2.33. The Morgan fingerprint density at radius 2 is 2.05 bits per heavy atom. The summed E-state index contributed by atoms with van der Waals surface area (Å²) in [5.41, 5.74) is 1.47. The smallest absolute Gasteiger partial charge is 0.0535 e. The molecule has 1 fully saturated rings. The first-order chi connectivity index (χ1) is 9.55. The van der Waals surface area contributed by atoms with Gasteiger partial charge in [0.25, 0.3) is 0 Å². The lowest BCUT2D eigenvalue weighted by Crippen LogP contribution is -2.48. The van der Waals surface area contributed by atoms with E-state index < -0.39 is 0 Å². The van der Waals surface area contributed by atoms with Crippen LogP contribution >= 0.6 is 0 Å². The summed E-state index contributed by atoms with van der Waals surface area (Å²) < 4.78 is 0. The van der Waals surface area contributed by atoms with Crippen molar-refractivity contribution in [2.75, 3.05) is 19.6 Å². The fraction of sp³-hybridized carbons (Fsp3) is 0.667. The molecule has 1 saturated heterocycles. The molecule has 1 N–H and O–H groups in total. The molecule has 0 radical (unpaired) electrons. The zero-order chi connectivity index (χ0) is 14.6. The molecule has 1 aromatic carbocycles. The van der Waals surface area contributed by atoms with Crippen LogP contribution in [0.25, 0.3) is 0 Å². The summed E-state index contributed by atoms with van der Waals surface area (Å²) in [5.74, 6) is 0.774. The van der Waals surface area contributed by atoms with Gasteiger partial charge < -0.3 is 5.32 Å². The predicted molar refractivity (Wildman–Crippen MR) is 86.9 cm³/mol. The van der Waals surface area contributed by atoms with Crippen LogP contribution < -0.4 is 5.32 Å². The molecule has 0 aromatic heterocycles. The topological polar surface area (TPSA) is 15.3 Å². The maximum absolute atomic E-state index is 3.78. The molecule has 0 saturated carbocycles. The van der Waals surface area contributed by atoms with Gasteiger partial charge in [-0.1, -0.05) is 50.6 Å². The van der Waals surface area contributed by atoms with Gasteiger partial charge >= 0.3 is 0 Å². The van der Waals surface area contributed by atoms with Crippen molar-refractivity contribution in [3.8, 4) is 0 Å². The van der Waals surface area contributed by atoms with Gasteiger partial charge in [0.2, 0.25) is 0 Å². The van der Waals surface area contributed by atoms with Crippen LogP contribution in [0.15, 0.2) is 30.3 Å². The SMILES string of the molecule is CCC(C)CN1CC(C)(c2ccccc2)NCCC1C. The quantitative estimate of drug-likeness (QED) is 0.902. The summed E-state index contributed by atoms with van der Waals surface area (Å²) in [6, 6.07) is 11.6. The molecular weight excluding hydrogens is 244 g/mol.